The van der Waals surface area contributed by atoms with Crippen molar-refractivity contribution in [3.63, 3.8) is 0 Å². The van der Waals surface area contributed by atoms with E-state index in [1.807, 2.05) is 0 Å². The van der Waals surface area contributed by atoms with Crippen molar-refractivity contribution in [2.24, 2.45) is 0 Å². The first kappa shape index (κ1) is 9.44. The summed E-state index contributed by atoms with van der Waals surface area (Å²) in [6, 6.07) is 6.76. The van der Waals surface area contributed by atoms with Crippen LogP contribution >= 0.6 is 0 Å². The summed E-state index contributed by atoms with van der Waals surface area (Å²) in [6.45, 7) is 5.06. The molecule has 1 heterocycles. The summed E-state index contributed by atoms with van der Waals surface area (Å²) in [5, 5.41) is 0. The minimum atomic E-state index is -0.302. The van der Waals surface area contributed by atoms with Crippen LogP contribution in [-0.4, -0.2) is 16.7 Å². The normalized spacial score (nSPS) is 13.8. The number of hydrogen-bond donors (Lipinski definition) is 0. The topological polar surface area (TPSA) is 37.4 Å². The van der Waals surface area contributed by atoms with E-state index in [1.165, 1.54) is 0 Å². The molecule has 3 heteroatoms. The van der Waals surface area contributed by atoms with Gasteiger partial charge in [-0.2, -0.15) is 0 Å². The zero-order valence-electron chi connectivity index (χ0n) is 8.28. The fraction of sp³-hybridized carbons (Fsp3) is 0.0833. The third kappa shape index (κ3) is 1.22. The summed E-state index contributed by atoms with van der Waals surface area (Å²) in [5.74, 6) is -0.603. The Morgan fingerprint density at radius 3 is 2.07 bits per heavy atom. The molecule has 0 radical (unpaired) electrons. The summed E-state index contributed by atoms with van der Waals surface area (Å²) in [7, 11) is 0. The lowest BCUT2D eigenvalue weighted by Crippen LogP contribution is -2.27. The van der Waals surface area contributed by atoms with Crippen molar-refractivity contribution in [3.8, 4) is 0 Å². The molecule has 15 heavy (non-hydrogen) atoms. The maximum Gasteiger partial charge on any atom is 0.266 e. The molecule has 0 unspecified atom stereocenters. The number of hydrogen-bond acceptors (Lipinski definition) is 2. The molecular formula is C12H9NO2. The van der Waals surface area contributed by atoms with Gasteiger partial charge in [-0.05, 0) is 19.1 Å². The van der Waals surface area contributed by atoms with Crippen molar-refractivity contribution >= 4 is 11.8 Å². The Morgan fingerprint density at radius 1 is 1.20 bits per heavy atom. The summed E-state index contributed by atoms with van der Waals surface area (Å²) in [6.07, 6.45) is 0. The molecule has 1 aliphatic rings. The van der Waals surface area contributed by atoms with E-state index in [2.05, 4.69) is 12.3 Å². The lowest BCUT2D eigenvalue weighted by molar-refractivity contribution is 0.0705. The summed E-state index contributed by atoms with van der Waals surface area (Å²) >= 11 is 0. The van der Waals surface area contributed by atoms with Crippen LogP contribution < -0.4 is 0 Å². The monoisotopic (exact) mass is 199 g/mol. The number of allylic oxidation sites excluding steroid dienone is 1. The number of benzene rings is 1. The molecule has 1 aromatic rings. The van der Waals surface area contributed by atoms with Gasteiger partial charge in [-0.3, -0.25) is 9.59 Å². The first-order chi connectivity index (χ1) is 7.16. The van der Waals surface area contributed by atoms with E-state index >= 15 is 0 Å². The van der Waals surface area contributed by atoms with Gasteiger partial charge in [0, 0.05) is 0 Å². The number of fused-ring (bicyclic) bond motifs is 1. The Bertz CT molecular complexity index is 475. The Labute approximate surface area is 87.3 Å². The third-order valence-electron chi connectivity index (χ3n) is 2.39. The average Bonchev–Trinajstić information content (AvgIpc) is 2.52. The molecule has 1 aliphatic heterocycles. The number of carbonyl (C=O) groups is 2. The van der Waals surface area contributed by atoms with E-state index in [9.17, 15) is 9.59 Å². The van der Waals surface area contributed by atoms with E-state index in [4.69, 9.17) is 0 Å². The molecule has 0 bridgehead atoms. The van der Waals surface area contributed by atoms with Crippen molar-refractivity contribution in [1.82, 2.24) is 4.90 Å². The molecular weight excluding hydrogens is 190 g/mol. The second-order valence-corrected chi connectivity index (χ2v) is 3.25. The highest BCUT2D eigenvalue weighted by molar-refractivity contribution is 6.22. The van der Waals surface area contributed by atoms with Crippen LogP contribution in [0.2, 0.25) is 0 Å². The Hall–Kier alpha value is -2.12. The quantitative estimate of drug-likeness (QED) is 0.512. The molecule has 0 fully saturated rings. The lowest BCUT2D eigenvalue weighted by atomic mass is 10.1. The van der Waals surface area contributed by atoms with Crippen LogP contribution in [-0.2, 0) is 0 Å². The van der Waals surface area contributed by atoms with Crippen LogP contribution in [0.5, 0.6) is 0 Å². The minimum absolute atomic E-state index is 0.302. The van der Waals surface area contributed by atoms with Crippen LogP contribution in [0.15, 0.2) is 42.3 Å². The predicted molar refractivity (Wildman–Crippen MR) is 55.3 cm³/mol. The highest BCUT2D eigenvalue weighted by Crippen LogP contribution is 2.24. The number of carbonyl (C=O) groups excluding carboxylic acids is 2. The van der Waals surface area contributed by atoms with Crippen LogP contribution in [0.4, 0.5) is 0 Å². The van der Waals surface area contributed by atoms with Crippen LogP contribution in [0.3, 0.4) is 0 Å². The molecule has 0 atom stereocenters. The van der Waals surface area contributed by atoms with Gasteiger partial charge in [0.05, 0.1) is 16.8 Å². The second-order valence-electron chi connectivity index (χ2n) is 3.25. The standard InChI is InChI=1S/C12H9NO2/c1-3-8(2)13-11(14)9-6-4-5-7-10(9)12(13)15/h4-7H,1H2,2H3. The molecule has 74 valence electrons. The zero-order chi connectivity index (χ0) is 11.0. The second kappa shape index (κ2) is 3.23. The maximum atomic E-state index is 11.8. The SMILES string of the molecule is C=C=C(C)N1C(=O)c2ccccc2C1=O. The number of amides is 2. The van der Waals surface area contributed by atoms with E-state index in [-0.39, 0.29) is 11.8 Å². The first-order valence-electron chi connectivity index (χ1n) is 4.51. The molecule has 1 aromatic carbocycles. The lowest BCUT2D eigenvalue weighted by Gasteiger charge is -2.11. The molecule has 0 aromatic heterocycles. The van der Waals surface area contributed by atoms with Crippen LogP contribution in [0.25, 0.3) is 0 Å². The predicted octanol–water partition coefficient (Wildman–Crippen LogP) is 1.97. The van der Waals surface area contributed by atoms with Gasteiger partial charge in [0.2, 0.25) is 0 Å². The fourth-order valence-electron chi connectivity index (χ4n) is 1.57. The fourth-order valence-corrected chi connectivity index (χ4v) is 1.57. The van der Waals surface area contributed by atoms with Crippen LogP contribution in [0.1, 0.15) is 27.6 Å². The van der Waals surface area contributed by atoms with E-state index in [0.717, 1.165) is 4.90 Å². The highest BCUT2D eigenvalue weighted by Gasteiger charge is 2.35. The van der Waals surface area contributed by atoms with Crippen LogP contribution in [0, 0.1) is 0 Å². The number of nitrogens with zero attached hydrogens (tertiary/aromatic N) is 1. The van der Waals surface area contributed by atoms with Gasteiger partial charge in [-0.15, -0.1) is 5.73 Å². The third-order valence-corrected chi connectivity index (χ3v) is 2.39. The van der Waals surface area contributed by atoms with Crippen molar-refractivity contribution in [2.75, 3.05) is 0 Å². The van der Waals surface area contributed by atoms with Gasteiger partial charge in [-0.25, -0.2) is 4.90 Å². The molecule has 0 saturated carbocycles. The molecule has 0 N–H and O–H groups in total. The largest absolute Gasteiger partial charge is 0.268 e. The number of rotatable bonds is 1. The highest BCUT2D eigenvalue weighted by atomic mass is 16.2. The van der Waals surface area contributed by atoms with Gasteiger partial charge < -0.3 is 0 Å². The Balaban J connectivity index is 2.60. The van der Waals surface area contributed by atoms with Crippen molar-refractivity contribution < 1.29 is 9.59 Å². The summed E-state index contributed by atoms with van der Waals surface area (Å²) in [5.41, 5.74) is 3.87. The van der Waals surface area contributed by atoms with E-state index < -0.39 is 0 Å². The van der Waals surface area contributed by atoms with Crippen molar-refractivity contribution in [1.29, 1.82) is 0 Å². The molecule has 0 aliphatic carbocycles. The molecule has 0 spiro atoms. The maximum absolute atomic E-state index is 11.8. The molecule has 3 nitrogen and oxygen atoms in total. The molecule has 0 saturated heterocycles. The van der Waals surface area contributed by atoms with Gasteiger partial charge in [0.15, 0.2) is 0 Å². The zero-order valence-corrected chi connectivity index (χ0v) is 8.28. The Morgan fingerprint density at radius 2 is 1.67 bits per heavy atom. The van der Waals surface area contributed by atoms with Crippen molar-refractivity contribution in [2.45, 2.75) is 6.92 Å². The summed E-state index contributed by atoms with van der Waals surface area (Å²) in [4.78, 5) is 24.7. The van der Waals surface area contributed by atoms with E-state index in [1.54, 1.807) is 31.2 Å². The van der Waals surface area contributed by atoms with Crippen molar-refractivity contribution in [3.05, 3.63) is 53.4 Å². The summed E-state index contributed by atoms with van der Waals surface area (Å²) < 4.78 is 0. The average molecular weight is 199 g/mol. The van der Waals surface area contributed by atoms with E-state index in [0.29, 0.717) is 16.8 Å². The van der Waals surface area contributed by atoms with Gasteiger partial charge in [0.25, 0.3) is 11.8 Å². The Kier molecular flexibility index (Phi) is 2.03. The number of imide groups is 1. The van der Waals surface area contributed by atoms with Gasteiger partial charge in [0.1, 0.15) is 0 Å². The molecule has 2 rings (SSSR count). The molecule has 2 amide bonds. The van der Waals surface area contributed by atoms with Gasteiger partial charge in [-0.1, -0.05) is 18.7 Å². The first-order valence-corrected chi connectivity index (χ1v) is 4.51. The smallest absolute Gasteiger partial charge is 0.266 e. The minimum Gasteiger partial charge on any atom is -0.268 e. The van der Waals surface area contributed by atoms with Gasteiger partial charge >= 0.3 is 0 Å².